The van der Waals surface area contributed by atoms with Crippen molar-refractivity contribution in [2.24, 2.45) is 0 Å². The first-order valence-electron chi connectivity index (χ1n) is 7.42. The lowest BCUT2D eigenvalue weighted by Crippen LogP contribution is -2.15. The first kappa shape index (κ1) is 17.6. The van der Waals surface area contributed by atoms with E-state index in [9.17, 15) is 9.18 Å². The summed E-state index contributed by atoms with van der Waals surface area (Å²) in [5.41, 5.74) is 0.801. The number of nitrogens with zero attached hydrogens (tertiary/aromatic N) is 3. The van der Waals surface area contributed by atoms with E-state index in [0.717, 1.165) is 6.07 Å². The number of nitrogens with one attached hydrogen (secondary N) is 2. The van der Waals surface area contributed by atoms with Crippen molar-refractivity contribution in [3.63, 3.8) is 0 Å². The third kappa shape index (κ3) is 3.86. The van der Waals surface area contributed by atoms with E-state index in [2.05, 4.69) is 25.6 Å². The molecule has 7 nitrogen and oxygen atoms in total. The van der Waals surface area contributed by atoms with Crippen molar-refractivity contribution in [2.45, 2.75) is 0 Å². The summed E-state index contributed by atoms with van der Waals surface area (Å²) in [6.07, 6.45) is 2.81. The van der Waals surface area contributed by atoms with Crippen molar-refractivity contribution in [2.75, 3.05) is 17.7 Å². The molecule has 0 radical (unpaired) electrons. The molecule has 0 aliphatic rings. The van der Waals surface area contributed by atoms with Crippen LogP contribution in [-0.2, 0) is 0 Å². The quantitative estimate of drug-likeness (QED) is 0.663. The Morgan fingerprint density at radius 3 is 2.81 bits per heavy atom. The number of halogens is 2. The van der Waals surface area contributed by atoms with Crippen LogP contribution < -0.4 is 15.4 Å². The fourth-order valence-corrected chi connectivity index (χ4v) is 2.34. The molecule has 3 rings (SSSR count). The number of methoxy groups -OCH3 is 1. The predicted molar refractivity (Wildman–Crippen MR) is 95.5 cm³/mol. The second-order valence-corrected chi connectivity index (χ2v) is 5.40. The zero-order valence-electron chi connectivity index (χ0n) is 13.5. The Bertz CT molecular complexity index is 954. The number of hydrogen-bond acceptors (Lipinski definition) is 6. The standard InChI is InChI=1S/C17H13ClFN5O2/c1-26-17-12(6-3-7-20-17)23-15-13(14(18)21-9-22-15)24-16(25)10-4-2-5-11(19)8-10/h2-9H,1H3,(H,24,25)(H,21,22,23). The molecule has 0 bridgehead atoms. The molecule has 0 spiro atoms. The van der Waals surface area contributed by atoms with Gasteiger partial charge in [-0.2, -0.15) is 0 Å². The topological polar surface area (TPSA) is 89.0 Å². The van der Waals surface area contributed by atoms with E-state index in [1.165, 1.54) is 31.6 Å². The number of carbonyl (C=O) groups excluding carboxylic acids is 1. The van der Waals surface area contributed by atoms with Gasteiger partial charge in [-0.25, -0.2) is 19.3 Å². The zero-order valence-corrected chi connectivity index (χ0v) is 14.3. The first-order chi connectivity index (χ1) is 12.6. The minimum absolute atomic E-state index is 0.0233. The molecule has 2 aromatic heterocycles. The molecular formula is C17H13ClFN5O2. The fraction of sp³-hybridized carbons (Fsp3) is 0.0588. The molecular weight excluding hydrogens is 361 g/mol. The van der Waals surface area contributed by atoms with Gasteiger partial charge in [0.15, 0.2) is 11.0 Å². The van der Waals surface area contributed by atoms with E-state index >= 15 is 0 Å². The maximum Gasteiger partial charge on any atom is 0.255 e. The highest BCUT2D eigenvalue weighted by Crippen LogP contribution is 2.31. The lowest BCUT2D eigenvalue weighted by Gasteiger charge is -2.14. The maximum atomic E-state index is 13.3. The molecule has 0 aliphatic carbocycles. The fourth-order valence-electron chi connectivity index (χ4n) is 2.16. The highest BCUT2D eigenvalue weighted by molar-refractivity contribution is 6.33. The van der Waals surface area contributed by atoms with Crippen LogP contribution in [0.1, 0.15) is 10.4 Å². The number of carbonyl (C=O) groups is 1. The largest absolute Gasteiger partial charge is 0.480 e. The average molecular weight is 374 g/mol. The molecule has 9 heteroatoms. The molecule has 26 heavy (non-hydrogen) atoms. The summed E-state index contributed by atoms with van der Waals surface area (Å²) < 4.78 is 18.5. The number of rotatable bonds is 5. The van der Waals surface area contributed by atoms with E-state index in [1.807, 2.05) is 0 Å². The van der Waals surface area contributed by atoms with Crippen molar-refractivity contribution >= 4 is 34.7 Å². The molecule has 0 saturated carbocycles. The summed E-state index contributed by atoms with van der Waals surface area (Å²) in [6, 6.07) is 8.71. The van der Waals surface area contributed by atoms with Crippen LogP contribution >= 0.6 is 11.6 Å². The minimum atomic E-state index is -0.553. The van der Waals surface area contributed by atoms with Crippen molar-refractivity contribution in [3.05, 3.63) is 65.5 Å². The van der Waals surface area contributed by atoms with Crippen LogP contribution in [0.25, 0.3) is 0 Å². The number of aromatic nitrogens is 3. The van der Waals surface area contributed by atoms with Gasteiger partial charge < -0.3 is 15.4 Å². The van der Waals surface area contributed by atoms with Gasteiger partial charge in [0, 0.05) is 11.8 Å². The first-order valence-corrected chi connectivity index (χ1v) is 7.79. The molecule has 0 fully saturated rings. The number of ether oxygens (including phenoxy) is 1. The molecule has 0 saturated heterocycles. The SMILES string of the molecule is COc1ncccc1Nc1ncnc(Cl)c1NC(=O)c1cccc(F)c1. The van der Waals surface area contributed by atoms with Crippen LogP contribution in [0.2, 0.25) is 5.15 Å². The smallest absolute Gasteiger partial charge is 0.255 e. The minimum Gasteiger partial charge on any atom is -0.480 e. The van der Waals surface area contributed by atoms with Gasteiger partial charge in [0.05, 0.1) is 7.11 Å². The second kappa shape index (κ2) is 7.75. The third-order valence-corrected chi connectivity index (χ3v) is 3.63. The molecule has 0 unspecified atom stereocenters. The van der Waals surface area contributed by atoms with Gasteiger partial charge in [0.25, 0.3) is 5.91 Å². The van der Waals surface area contributed by atoms with Crippen LogP contribution in [0.3, 0.4) is 0 Å². The van der Waals surface area contributed by atoms with E-state index in [-0.39, 0.29) is 22.2 Å². The van der Waals surface area contributed by atoms with Gasteiger partial charge in [-0.1, -0.05) is 17.7 Å². The Balaban J connectivity index is 1.91. The Morgan fingerprint density at radius 2 is 2.04 bits per heavy atom. The van der Waals surface area contributed by atoms with Gasteiger partial charge in [0.2, 0.25) is 5.88 Å². The average Bonchev–Trinajstić information content (AvgIpc) is 2.65. The van der Waals surface area contributed by atoms with Crippen molar-refractivity contribution in [1.82, 2.24) is 15.0 Å². The Labute approximate surface area is 153 Å². The maximum absolute atomic E-state index is 13.3. The number of amides is 1. The van der Waals surface area contributed by atoms with Crippen molar-refractivity contribution in [3.8, 4) is 5.88 Å². The summed E-state index contributed by atoms with van der Waals surface area (Å²) in [5, 5.41) is 5.61. The number of anilines is 3. The number of hydrogen-bond donors (Lipinski definition) is 2. The number of benzene rings is 1. The predicted octanol–water partition coefficient (Wildman–Crippen LogP) is 3.67. The van der Waals surface area contributed by atoms with Crippen LogP contribution in [-0.4, -0.2) is 28.0 Å². The number of pyridine rings is 1. The molecule has 1 amide bonds. The molecule has 1 aromatic carbocycles. The third-order valence-electron chi connectivity index (χ3n) is 3.34. The summed E-state index contributed by atoms with van der Waals surface area (Å²) in [4.78, 5) is 24.4. The van der Waals surface area contributed by atoms with Gasteiger partial charge in [-0.15, -0.1) is 0 Å². The van der Waals surface area contributed by atoms with Crippen LogP contribution in [0.4, 0.5) is 21.6 Å². The summed E-state index contributed by atoms with van der Waals surface area (Å²) in [7, 11) is 1.48. The van der Waals surface area contributed by atoms with Crippen molar-refractivity contribution in [1.29, 1.82) is 0 Å². The molecule has 132 valence electrons. The van der Waals surface area contributed by atoms with Crippen LogP contribution in [0.5, 0.6) is 5.88 Å². The molecule has 0 aliphatic heterocycles. The van der Waals surface area contributed by atoms with Gasteiger partial charge in [0.1, 0.15) is 23.5 Å². The van der Waals surface area contributed by atoms with E-state index in [4.69, 9.17) is 16.3 Å². The van der Waals surface area contributed by atoms with E-state index in [1.54, 1.807) is 18.3 Å². The summed E-state index contributed by atoms with van der Waals surface area (Å²) in [5.74, 6) is -0.500. The molecule has 2 N–H and O–H groups in total. The Morgan fingerprint density at radius 1 is 1.19 bits per heavy atom. The summed E-state index contributed by atoms with van der Waals surface area (Å²) in [6.45, 7) is 0. The Kier molecular flexibility index (Phi) is 5.23. The highest BCUT2D eigenvalue weighted by Gasteiger charge is 2.16. The second-order valence-electron chi connectivity index (χ2n) is 5.04. The molecule has 0 atom stereocenters. The zero-order chi connectivity index (χ0) is 18.5. The van der Waals surface area contributed by atoms with E-state index in [0.29, 0.717) is 11.6 Å². The lowest BCUT2D eigenvalue weighted by molar-refractivity contribution is 0.102. The normalized spacial score (nSPS) is 10.3. The molecule has 3 aromatic rings. The van der Waals surface area contributed by atoms with Crippen LogP contribution in [0.15, 0.2) is 48.9 Å². The monoisotopic (exact) mass is 373 g/mol. The van der Waals surface area contributed by atoms with Crippen molar-refractivity contribution < 1.29 is 13.9 Å². The highest BCUT2D eigenvalue weighted by atomic mass is 35.5. The van der Waals surface area contributed by atoms with Gasteiger partial charge in [-0.3, -0.25) is 4.79 Å². The summed E-state index contributed by atoms with van der Waals surface area (Å²) >= 11 is 6.11. The van der Waals surface area contributed by atoms with Gasteiger partial charge in [-0.05, 0) is 30.3 Å². The van der Waals surface area contributed by atoms with Crippen LogP contribution in [0, 0.1) is 5.82 Å². The lowest BCUT2D eigenvalue weighted by atomic mass is 10.2. The Hall–Kier alpha value is -3.26. The molecule has 2 heterocycles. The van der Waals surface area contributed by atoms with Gasteiger partial charge >= 0.3 is 0 Å². The van der Waals surface area contributed by atoms with E-state index < -0.39 is 11.7 Å².